The minimum Gasteiger partial charge on any atom is -0.360 e. The molecule has 0 bridgehead atoms. The van der Waals surface area contributed by atoms with Gasteiger partial charge in [-0.05, 0) is 25.1 Å². The Kier molecular flexibility index (Phi) is 5.08. The van der Waals surface area contributed by atoms with Crippen molar-refractivity contribution in [2.75, 3.05) is 5.32 Å². The topological polar surface area (TPSA) is 78.8 Å². The maximum absolute atomic E-state index is 10.5. The maximum Gasteiger partial charge on any atom is 0.294 e. The van der Waals surface area contributed by atoms with Crippen molar-refractivity contribution >= 4 is 22.0 Å². The van der Waals surface area contributed by atoms with Crippen LogP contribution in [0.2, 0.25) is 0 Å². The molecule has 1 heterocycles. The predicted octanol–water partition coefficient (Wildman–Crippen LogP) is 3.24. The first kappa shape index (κ1) is 15.9. The fraction of sp³-hybridized carbons (Fsp3) is 0.0625. The van der Waals surface area contributed by atoms with Gasteiger partial charge >= 0.3 is 0 Å². The number of aryl methyl sites for hydroxylation is 1. The first-order valence-electron chi connectivity index (χ1n) is 6.55. The largest absolute Gasteiger partial charge is 0.360 e. The van der Waals surface area contributed by atoms with E-state index in [2.05, 4.69) is 10.3 Å². The summed E-state index contributed by atoms with van der Waals surface area (Å²) in [7, 11) is -4.02. The van der Waals surface area contributed by atoms with E-state index in [1.165, 1.54) is 12.1 Å². The zero-order valence-corrected chi connectivity index (χ0v) is 12.8. The van der Waals surface area contributed by atoms with Gasteiger partial charge in [-0.25, -0.2) is 0 Å². The van der Waals surface area contributed by atoms with Crippen LogP contribution in [0.3, 0.4) is 0 Å². The second-order valence-corrected chi connectivity index (χ2v) is 6.04. The van der Waals surface area contributed by atoms with Crippen molar-refractivity contribution in [3.05, 3.63) is 72.1 Å². The molecule has 0 fully saturated rings. The SMILES string of the molecule is C1=CNc2ccccc2C=N1.Cc1ccc(S(=O)(=O)O)cc1. The normalized spacial score (nSPS) is 12.5. The van der Waals surface area contributed by atoms with Crippen LogP contribution >= 0.6 is 0 Å². The maximum atomic E-state index is 10.5. The van der Waals surface area contributed by atoms with Gasteiger partial charge in [-0.2, -0.15) is 8.42 Å². The summed E-state index contributed by atoms with van der Waals surface area (Å²) >= 11 is 0. The molecule has 0 spiro atoms. The molecule has 0 saturated carbocycles. The van der Waals surface area contributed by atoms with Gasteiger partial charge in [0.1, 0.15) is 0 Å². The summed E-state index contributed by atoms with van der Waals surface area (Å²) in [5.41, 5.74) is 3.18. The highest BCUT2D eigenvalue weighted by molar-refractivity contribution is 7.85. The number of anilines is 1. The molecule has 0 radical (unpaired) electrons. The number of hydrogen-bond donors (Lipinski definition) is 2. The number of fused-ring (bicyclic) bond motifs is 1. The second-order valence-electron chi connectivity index (χ2n) is 4.61. The van der Waals surface area contributed by atoms with E-state index >= 15 is 0 Å². The van der Waals surface area contributed by atoms with Gasteiger partial charge in [0.15, 0.2) is 0 Å². The molecule has 1 aliphatic rings. The highest BCUT2D eigenvalue weighted by atomic mass is 32.2. The van der Waals surface area contributed by atoms with Crippen molar-refractivity contribution in [2.45, 2.75) is 11.8 Å². The van der Waals surface area contributed by atoms with Crippen LogP contribution in [0, 0.1) is 6.92 Å². The second kappa shape index (κ2) is 7.02. The quantitative estimate of drug-likeness (QED) is 0.792. The van der Waals surface area contributed by atoms with Gasteiger partial charge in [-0.1, -0.05) is 35.9 Å². The van der Waals surface area contributed by atoms with E-state index in [0.717, 1.165) is 16.8 Å². The molecule has 0 saturated heterocycles. The van der Waals surface area contributed by atoms with Gasteiger partial charge in [0.05, 0.1) is 4.90 Å². The predicted molar refractivity (Wildman–Crippen MR) is 87.8 cm³/mol. The van der Waals surface area contributed by atoms with E-state index < -0.39 is 10.1 Å². The molecule has 114 valence electrons. The molecule has 0 amide bonds. The molecule has 22 heavy (non-hydrogen) atoms. The van der Waals surface area contributed by atoms with Crippen LogP contribution in [-0.2, 0) is 10.1 Å². The molecule has 0 atom stereocenters. The molecule has 0 unspecified atom stereocenters. The molecule has 2 N–H and O–H groups in total. The van der Waals surface area contributed by atoms with Crippen LogP contribution < -0.4 is 5.32 Å². The number of nitrogens with one attached hydrogen (secondary N) is 1. The third-order valence-corrected chi connectivity index (χ3v) is 3.76. The number of benzene rings is 2. The van der Waals surface area contributed by atoms with Crippen LogP contribution in [0.4, 0.5) is 5.69 Å². The summed E-state index contributed by atoms with van der Waals surface area (Å²) in [5.74, 6) is 0. The molecular weight excluding hydrogens is 300 g/mol. The first-order valence-corrected chi connectivity index (χ1v) is 7.99. The Bertz CT molecular complexity index is 794. The molecule has 0 aliphatic carbocycles. The summed E-state index contributed by atoms with van der Waals surface area (Å²) in [6, 6.07) is 14.0. The van der Waals surface area contributed by atoms with E-state index in [4.69, 9.17) is 4.55 Å². The first-order chi connectivity index (χ1) is 10.5. The zero-order valence-electron chi connectivity index (χ0n) is 12.0. The van der Waals surface area contributed by atoms with Crippen LogP contribution in [-0.4, -0.2) is 19.2 Å². The fourth-order valence-corrected chi connectivity index (χ4v) is 2.22. The lowest BCUT2D eigenvalue weighted by atomic mass is 10.2. The van der Waals surface area contributed by atoms with Crippen molar-refractivity contribution in [1.29, 1.82) is 0 Å². The number of nitrogens with zero attached hydrogens (tertiary/aromatic N) is 1. The molecule has 3 rings (SSSR count). The molecule has 2 aromatic carbocycles. The Morgan fingerprint density at radius 1 is 1.05 bits per heavy atom. The van der Waals surface area contributed by atoms with Crippen LogP contribution in [0.15, 0.2) is 70.8 Å². The lowest BCUT2D eigenvalue weighted by Gasteiger charge is -2.01. The lowest BCUT2D eigenvalue weighted by Crippen LogP contribution is -1.96. The van der Waals surface area contributed by atoms with E-state index in [-0.39, 0.29) is 4.90 Å². The molecular formula is C16H16N2O3S. The van der Waals surface area contributed by atoms with Crippen molar-refractivity contribution < 1.29 is 13.0 Å². The van der Waals surface area contributed by atoms with Crippen molar-refractivity contribution in [2.24, 2.45) is 4.99 Å². The van der Waals surface area contributed by atoms with Gasteiger partial charge < -0.3 is 5.32 Å². The molecule has 6 heteroatoms. The smallest absolute Gasteiger partial charge is 0.294 e. The Morgan fingerprint density at radius 3 is 2.41 bits per heavy atom. The number of rotatable bonds is 1. The number of aliphatic imine (C=N–C) groups is 1. The van der Waals surface area contributed by atoms with E-state index in [1.54, 1.807) is 18.3 Å². The standard InChI is InChI=1S/C9H8N2.C7H8O3S/c1-2-4-9-8(3-1)7-10-5-6-11-9;1-6-2-4-7(5-3-6)11(8,9)10/h1-7,11H;2-5H,1H3,(H,8,9,10). The molecule has 5 nitrogen and oxygen atoms in total. The molecule has 0 aromatic heterocycles. The Balaban J connectivity index is 0.000000160. The lowest BCUT2D eigenvalue weighted by molar-refractivity contribution is 0.483. The summed E-state index contributed by atoms with van der Waals surface area (Å²) in [6.07, 6.45) is 5.40. The molecule has 1 aliphatic heterocycles. The summed E-state index contributed by atoms with van der Waals surface area (Å²) in [5, 5.41) is 3.12. The Labute approximate surface area is 129 Å². The van der Waals surface area contributed by atoms with Gasteiger partial charge in [0.25, 0.3) is 10.1 Å². The number of hydrogen-bond acceptors (Lipinski definition) is 4. The minimum atomic E-state index is -4.02. The Morgan fingerprint density at radius 2 is 1.73 bits per heavy atom. The van der Waals surface area contributed by atoms with E-state index in [9.17, 15) is 8.42 Å². The van der Waals surface area contributed by atoms with Crippen molar-refractivity contribution in [3.8, 4) is 0 Å². The average Bonchev–Trinajstić information content (AvgIpc) is 2.72. The minimum absolute atomic E-state index is 0.0666. The third-order valence-electron chi connectivity index (χ3n) is 2.89. The van der Waals surface area contributed by atoms with Crippen LogP contribution in [0.1, 0.15) is 11.1 Å². The van der Waals surface area contributed by atoms with Gasteiger partial charge in [-0.15, -0.1) is 0 Å². The Hall–Kier alpha value is -2.44. The van der Waals surface area contributed by atoms with Crippen LogP contribution in [0.25, 0.3) is 0 Å². The summed E-state index contributed by atoms with van der Waals surface area (Å²) in [6.45, 7) is 1.84. The highest BCUT2D eigenvalue weighted by Crippen LogP contribution is 2.14. The third kappa shape index (κ3) is 4.54. The van der Waals surface area contributed by atoms with Gasteiger partial charge in [-0.3, -0.25) is 9.55 Å². The summed E-state index contributed by atoms with van der Waals surface area (Å²) < 4.78 is 29.6. The van der Waals surface area contributed by atoms with Gasteiger partial charge in [0, 0.05) is 29.9 Å². The monoisotopic (exact) mass is 316 g/mol. The fourth-order valence-electron chi connectivity index (χ4n) is 1.74. The van der Waals surface area contributed by atoms with Crippen molar-refractivity contribution in [1.82, 2.24) is 0 Å². The van der Waals surface area contributed by atoms with Crippen molar-refractivity contribution in [3.63, 3.8) is 0 Å². The van der Waals surface area contributed by atoms with E-state index in [0.29, 0.717) is 0 Å². The van der Waals surface area contributed by atoms with E-state index in [1.807, 2.05) is 43.6 Å². The highest BCUT2D eigenvalue weighted by Gasteiger charge is 2.06. The van der Waals surface area contributed by atoms with Gasteiger partial charge in [0.2, 0.25) is 0 Å². The number of para-hydroxylation sites is 1. The van der Waals surface area contributed by atoms with Crippen LogP contribution in [0.5, 0.6) is 0 Å². The average molecular weight is 316 g/mol. The zero-order chi connectivity index (χ0) is 16.0. The summed E-state index contributed by atoms with van der Waals surface area (Å²) in [4.78, 5) is 3.98. The molecule has 2 aromatic rings.